The fourth-order valence-electron chi connectivity index (χ4n) is 0.519. The van der Waals surface area contributed by atoms with Gasteiger partial charge in [-0.1, -0.05) is 15.9 Å². The van der Waals surface area contributed by atoms with Crippen LogP contribution in [0, 0.1) is 0 Å². The van der Waals surface area contributed by atoms with Crippen LogP contribution in [0.5, 0.6) is 0 Å². The Balaban J connectivity index is 2.43. The number of ether oxygens (including phenoxy) is 1. The van der Waals surface area contributed by atoms with E-state index in [-0.39, 0.29) is 5.97 Å². The highest BCUT2D eigenvalue weighted by Gasteiger charge is 2.06. The maximum absolute atomic E-state index is 11.0. The zero-order valence-electron chi connectivity index (χ0n) is 5.62. The fourth-order valence-corrected chi connectivity index (χ4v) is 1.19. The lowest BCUT2D eigenvalue weighted by molar-refractivity contribution is 0.0537. The molecule has 0 spiro atoms. The molecule has 0 aliphatic carbocycles. The molecular weight excluding hydrogens is 230 g/mol. The number of thiazole rings is 1. The predicted octanol–water partition coefficient (Wildman–Crippen LogP) is 1.69. The summed E-state index contributed by atoms with van der Waals surface area (Å²) in [5, 5.41) is 0.664. The predicted molar refractivity (Wildman–Crippen MR) is 46.2 cm³/mol. The van der Waals surface area contributed by atoms with Gasteiger partial charge in [-0.05, 0) is 0 Å². The van der Waals surface area contributed by atoms with Crippen molar-refractivity contribution < 1.29 is 9.53 Å². The molecule has 0 aliphatic rings. The fraction of sp³-hybridized carbons (Fsp3) is 0.333. The molecule has 11 heavy (non-hydrogen) atoms. The lowest BCUT2D eigenvalue weighted by atomic mass is 10.6. The second kappa shape index (κ2) is 4.46. The van der Waals surface area contributed by atoms with Gasteiger partial charge in [0.15, 0.2) is 0 Å². The van der Waals surface area contributed by atoms with Crippen LogP contribution in [0.2, 0.25) is 0 Å². The van der Waals surface area contributed by atoms with Crippen molar-refractivity contribution in [2.24, 2.45) is 0 Å². The molecule has 1 aromatic heterocycles. The summed E-state index contributed by atoms with van der Waals surface area (Å²) in [5.41, 5.74) is 1.60. The summed E-state index contributed by atoms with van der Waals surface area (Å²) in [6.07, 6.45) is 1.50. The highest BCUT2D eigenvalue weighted by molar-refractivity contribution is 9.09. The molecule has 60 valence electrons. The number of halogens is 1. The number of aromatic nitrogens is 1. The number of hydrogen-bond donors (Lipinski definition) is 0. The third kappa shape index (κ3) is 2.59. The van der Waals surface area contributed by atoms with Crippen molar-refractivity contribution in [2.45, 2.75) is 0 Å². The van der Waals surface area contributed by atoms with E-state index in [1.54, 1.807) is 5.51 Å². The Bertz CT molecular complexity index is 224. The number of esters is 1. The Hall–Kier alpha value is -0.420. The molecule has 0 saturated carbocycles. The average Bonchev–Trinajstić information content (AvgIpc) is 2.52. The van der Waals surface area contributed by atoms with Crippen molar-refractivity contribution in [3.8, 4) is 0 Å². The molecule has 0 amide bonds. The van der Waals surface area contributed by atoms with Crippen molar-refractivity contribution in [3.63, 3.8) is 0 Å². The summed E-state index contributed by atoms with van der Waals surface area (Å²) in [6.45, 7) is 0.400. The van der Waals surface area contributed by atoms with Crippen LogP contribution in [0.4, 0.5) is 0 Å². The number of hydrogen-bond acceptors (Lipinski definition) is 4. The summed E-state index contributed by atoms with van der Waals surface area (Å²) in [7, 11) is 0. The second-order valence-electron chi connectivity index (χ2n) is 1.69. The highest BCUT2D eigenvalue weighted by atomic mass is 79.9. The lowest BCUT2D eigenvalue weighted by Gasteiger charge is -1.97. The molecule has 3 nitrogen and oxygen atoms in total. The van der Waals surface area contributed by atoms with Gasteiger partial charge in [0.05, 0.1) is 11.7 Å². The number of nitrogens with zero attached hydrogens (tertiary/aromatic N) is 1. The molecule has 0 saturated heterocycles. The Morgan fingerprint density at radius 3 is 3.18 bits per heavy atom. The van der Waals surface area contributed by atoms with E-state index < -0.39 is 0 Å². The van der Waals surface area contributed by atoms with Gasteiger partial charge in [0.1, 0.15) is 11.5 Å². The molecule has 0 atom stereocenters. The molecule has 5 heteroatoms. The Labute approximate surface area is 76.5 Å². The Morgan fingerprint density at radius 1 is 1.82 bits per heavy atom. The van der Waals surface area contributed by atoms with Crippen molar-refractivity contribution in [3.05, 3.63) is 16.6 Å². The second-order valence-corrected chi connectivity index (χ2v) is 3.37. The number of carbonyl (C=O) groups excluding carboxylic acids is 1. The normalized spacial score (nSPS) is 9.55. The van der Waals surface area contributed by atoms with E-state index in [1.807, 2.05) is 0 Å². The summed E-state index contributed by atoms with van der Waals surface area (Å²) >= 11 is 4.43. The molecule has 0 radical (unpaired) electrons. The minimum atomic E-state index is -0.299. The van der Waals surface area contributed by atoms with Crippen LogP contribution in [0.1, 0.15) is 9.67 Å². The van der Waals surface area contributed by atoms with Gasteiger partial charge in [-0.2, -0.15) is 0 Å². The molecule has 0 bridgehead atoms. The van der Waals surface area contributed by atoms with Gasteiger partial charge in [-0.15, -0.1) is 11.3 Å². The van der Waals surface area contributed by atoms with Crippen molar-refractivity contribution in [2.75, 3.05) is 11.9 Å². The summed E-state index contributed by atoms with van der Waals surface area (Å²) in [4.78, 5) is 15.3. The zero-order chi connectivity index (χ0) is 8.10. The van der Waals surface area contributed by atoms with E-state index in [1.165, 1.54) is 17.5 Å². The van der Waals surface area contributed by atoms with E-state index in [9.17, 15) is 4.79 Å². The van der Waals surface area contributed by atoms with Crippen molar-refractivity contribution >= 4 is 33.2 Å². The average molecular weight is 236 g/mol. The molecule has 1 heterocycles. The summed E-state index contributed by atoms with van der Waals surface area (Å²) < 4.78 is 4.82. The van der Waals surface area contributed by atoms with E-state index in [0.717, 1.165) is 0 Å². The number of alkyl halides is 1. The SMILES string of the molecule is O=C(OCCBr)c1cncs1. The molecule has 0 fully saturated rings. The molecule has 0 N–H and O–H groups in total. The Morgan fingerprint density at radius 2 is 2.64 bits per heavy atom. The first-order valence-electron chi connectivity index (χ1n) is 2.96. The molecule has 1 rings (SSSR count). The van der Waals surface area contributed by atoms with E-state index >= 15 is 0 Å². The zero-order valence-corrected chi connectivity index (χ0v) is 8.02. The van der Waals surface area contributed by atoms with Crippen LogP contribution in [0.15, 0.2) is 11.7 Å². The third-order valence-electron chi connectivity index (χ3n) is 0.944. The van der Waals surface area contributed by atoms with Gasteiger partial charge in [0, 0.05) is 5.33 Å². The molecule has 0 aliphatic heterocycles. The molecule has 1 aromatic rings. The largest absolute Gasteiger partial charge is 0.461 e. The van der Waals surface area contributed by atoms with Gasteiger partial charge in [-0.3, -0.25) is 4.98 Å². The minimum absolute atomic E-state index is 0.299. The van der Waals surface area contributed by atoms with Crippen LogP contribution in [0.25, 0.3) is 0 Å². The maximum atomic E-state index is 11.0. The van der Waals surface area contributed by atoms with E-state index in [0.29, 0.717) is 16.8 Å². The van der Waals surface area contributed by atoms with Crippen LogP contribution < -0.4 is 0 Å². The maximum Gasteiger partial charge on any atom is 0.349 e. The first-order chi connectivity index (χ1) is 5.34. The quantitative estimate of drug-likeness (QED) is 0.592. The van der Waals surface area contributed by atoms with E-state index in [2.05, 4.69) is 20.9 Å². The summed E-state index contributed by atoms with van der Waals surface area (Å²) in [5.74, 6) is -0.299. The van der Waals surface area contributed by atoms with Crippen molar-refractivity contribution in [1.82, 2.24) is 4.98 Å². The molecular formula is C6H6BrNO2S. The van der Waals surface area contributed by atoms with Crippen LogP contribution >= 0.6 is 27.3 Å². The van der Waals surface area contributed by atoms with Gasteiger partial charge in [0.2, 0.25) is 0 Å². The van der Waals surface area contributed by atoms with Gasteiger partial charge in [0.25, 0.3) is 0 Å². The van der Waals surface area contributed by atoms with Gasteiger partial charge >= 0.3 is 5.97 Å². The van der Waals surface area contributed by atoms with Crippen molar-refractivity contribution in [1.29, 1.82) is 0 Å². The topological polar surface area (TPSA) is 39.2 Å². The van der Waals surface area contributed by atoms with Crippen LogP contribution in [-0.4, -0.2) is 22.9 Å². The standard InChI is InChI=1S/C6H6BrNO2S/c7-1-2-10-6(9)5-3-8-4-11-5/h3-4H,1-2H2. The first-order valence-corrected chi connectivity index (χ1v) is 4.96. The number of rotatable bonds is 3. The molecule has 0 aromatic carbocycles. The van der Waals surface area contributed by atoms with Gasteiger partial charge < -0.3 is 4.74 Å². The van der Waals surface area contributed by atoms with Gasteiger partial charge in [-0.25, -0.2) is 4.79 Å². The third-order valence-corrected chi connectivity index (χ3v) is 2.02. The molecule has 0 unspecified atom stereocenters. The lowest BCUT2D eigenvalue weighted by Crippen LogP contribution is -2.04. The Kier molecular flexibility index (Phi) is 3.51. The minimum Gasteiger partial charge on any atom is -0.461 e. The van der Waals surface area contributed by atoms with Crippen LogP contribution in [-0.2, 0) is 4.74 Å². The monoisotopic (exact) mass is 235 g/mol. The van der Waals surface area contributed by atoms with Crippen LogP contribution in [0.3, 0.4) is 0 Å². The first kappa shape index (κ1) is 8.67. The smallest absolute Gasteiger partial charge is 0.349 e. The summed E-state index contributed by atoms with van der Waals surface area (Å²) in [6, 6.07) is 0. The van der Waals surface area contributed by atoms with E-state index in [4.69, 9.17) is 4.74 Å². The highest BCUT2D eigenvalue weighted by Crippen LogP contribution is 2.06. The number of carbonyl (C=O) groups is 1.